The maximum Gasteiger partial charge on any atom is 0.284 e. The Morgan fingerprint density at radius 1 is 1.20 bits per heavy atom. The molecule has 1 N–H and O–H groups in total. The van der Waals surface area contributed by atoms with Crippen LogP contribution in [0.15, 0.2) is 24.7 Å². The van der Waals surface area contributed by atoms with E-state index in [1.54, 1.807) is 17.1 Å². The highest BCUT2D eigenvalue weighted by atomic mass is 19.3. The summed E-state index contributed by atoms with van der Waals surface area (Å²) in [7, 11) is 1.98. The third kappa shape index (κ3) is 5.01. The van der Waals surface area contributed by atoms with Gasteiger partial charge in [-0.15, -0.1) is 0 Å². The number of carbonyl (C=O) groups excluding carboxylic acids is 1. The molecule has 2 aliphatic carbocycles. The lowest BCUT2D eigenvalue weighted by molar-refractivity contribution is 0.102. The molecule has 2 fully saturated rings. The van der Waals surface area contributed by atoms with Crippen molar-refractivity contribution in [1.82, 2.24) is 24.4 Å². The normalized spacial score (nSPS) is 20.7. The predicted octanol–water partition coefficient (Wildman–Crippen LogP) is 5.35. The lowest BCUT2D eigenvalue weighted by Gasteiger charge is -2.30. The van der Waals surface area contributed by atoms with E-state index in [4.69, 9.17) is 0 Å². The molecule has 0 atom stereocenters. The van der Waals surface area contributed by atoms with Crippen LogP contribution in [0.3, 0.4) is 0 Å². The van der Waals surface area contributed by atoms with Crippen molar-refractivity contribution in [1.29, 1.82) is 0 Å². The monoisotopic (exact) mass is 485 g/mol. The molecule has 3 aromatic heterocycles. The number of alkyl halides is 2. The molecule has 0 radical (unpaired) electrons. The van der Waals surface area contributed by atoms with Gasteiger partial charge in [0.1, 0.15) is 11.4 Å². The number of rotatable bonds is 8. The van der Waals surface area contributed by atoms with E-state index in [2.05, 4.69) is 39.2 Å². The fourth-order valence-corrected chi connectivity index (χ4v) is 5.09. The first kappa shape index (κ1) is 23.7. The van der Waals surface area contributed by atoms with E-state index in [0.29, 0.717) is 23.4 Å². The van der Waals surface area contributed by atoms with Crippen molar-refractivity contribution in [2.75, 3.05) is 23.8 Å². The molecule has 5 rings (SSSR count). The molecule has 0 aromatic carbocycles. The van der Waals surface area contributed by atoms with Crippen molar-refractivity contribution in [2.24, 2.45) is 17.8 Å². The molecular weight excluding hydrogens is 452 g/mol. The first-order valence-corrected chi connectivity index (χ1v) is 12.5. The summed E-state index contributed by atoms with van der Waals surface area (Å²) >= 11 is 0. The van der Waals surface area contributed by atoms with Gasteiger partial charge in [0.25, 0.3) is 12.3 Å². The zero-order chi connectivity index (χ0) is 24.7. The second kappa shape index (κ2) is 9.54. The summed E-state index contributed by atoms with van der Waals surface area (Å²) in [4.78, 5) is 19.8. The number of nitrogens with zero attached hydrogens (tertiary/aromatic N) is 6. The summed E-state index contributed by atoms with van der Waals surface area (Å²) < 4.78 is 30.8. The topological polar surface area (TPSA) is 80.4 Å². The van der Waals surface area contributed by atoms with Crippen LogP contribution >= 0.6 is 0 Å². The number of nitrogens with one attached hydrogen (secondary N) is 1. The number of carbonyl (C=O) groups is 1. The number of fused-ring (bicyclic) bond motifs is 1. The van der Waals surface area contributed by atoms with Crippen molar-refractivity contribution in [3.8, 4) is 0 Å². The molecule has 35 heavy (non-hydrogen) atoms. The van der Waals surface area contributed by atoms with Gasteiger partial charge >= 0.3 is 0 Å². The van der Waals surface area contributed by atoms with E-state index in [1.165, 1.54) is 23.6 Å². The highest BCUT2D eigenvalue weighted by molar-refractivity contribution is 6.08. The minimum Gasteiger partial charge on any atom is -0.359 e. The number of hydrogen-bond acceptors (Lipinski definition) is 5. The second-order valence-electron chi connectivity index (χ2n) is 10.4. The number of hydrogen-bond donors (Lipinski definition) is 1. The molecule has 0 spiro atoms. The van der Waals surface area contributed by atoms with Crippen LogP contribution in [-0.2, 0) is 0 Å². The first-order chi connectivity index (χ1) is 16.8. The van der Waals surface area contributed by atoms with E-state index in [1.807, 2.05) is 13.1 Å². The van der Waals surface area contributed by atoms with Gasteiger partial charge in [0.2, 0.25) is 0 Å². The van der Waals surface area contributed by atoms with Crippen LogP contribution in [0.1, 0.15) is 80.9 Å². The fraction of sp³-hybridized carbons (Fsp3) is 0.600. The summed E-state index contributed by atoms with van der Waals surface area (Å²) in [5.41, 5.74) is 0.258. The summed E-state index contributed by atoms with van der Waals surface area (Å²) in [6.07, 6.45) is 8.30. The van der Waals surface area contributed by atoms with Crippen LogP contribution in [0.5, 0.6) is 0 Å². The Balaban J connectivity index is 1.35. The van der Waals surface area contributed by atoms with Gasteiger partial charge in [-0.2, -0.15) is 10.2 Å². The Morgan fingerprint density at radius 2 is 1.94 bits per heavy atom. The molecule has 0 saturated heterocycles. The smallest absolute Gasteiger partial charge is 0.284 e. The van der Waals surface area contributed by atoms with E-state index in [-0.39, 0.29) is 17.3 Å². The molecule has 188 valence electrons. The van der Waals surface area contributed by atoms with E-state index in [9.17, 15) is 13.6 Å². The van der Waals surface area contributed by atoms with Crippen LogP contribution in [0.2, 0.25) is 0 Å². The van der Waals surface area contributed by atoms with Crippen molar-refractivity contribution >= 4 is 23.1 Å². The molecule has 3 aromatic rings. The second-order valence-corrected chi connectivity index (χ2v) is 10.4. The quantitative estimate of drug-likeness (QED) is 0.465. The average molecular weight is 486 g/mol. The zero-order valence-electron chi connectivity index (χ0n) is 20.5. The standard InChI is InChI=1S/C25H33F2N7O/c1-15(2)17-6-8-18(9-7-17)34-14-20(22(31-34)23(26)27)29-25(35)19-12-28-33-11-10-21(30-24(19)33)32(3)13-16-4-5-16/h10-12,14-18,23H,4-9,13H2,1-3H3,(H,29,35)/t17-,18-. The van der Waals surface area contributed by atoms with Gasteiger partial charge in [-0.1, -0.05) is 13.8 Å². The Hall–Kier alpha value is -3.04. The summed E-state index contributed by atoms with van der Waals surface area (Å²) in [5, 5.41) is 11.1. The molecule has 8 nitrogen and oxygen atoms in total. The van der Waals surface area contributed by atoms with Crippen LogP contribution in [0.4, 0.5) is 20.3 Å². The van der Waals surface area contributed by atoms with Gasteiger partial charge in [-0.3, -0.25) is 9.48 Å². The van der Waals surface area contributed by atoms with Gasteiger partial charge in [0.15, 0.2) is 11.3 Å². The predicted molar refractivity (Wildman–Crippen MR) is 130 cm³/mol. The van der Waals surface area contributed by atoms with Crippen molar-refractivity contribution < 1.29 is 13.6 Å². The van der Waals surface area contributed by atoms with Gasteiger partial charge in [0, 0.05) is 26.0 Å². The maximum atomic E-state index is 13.8. The zero-order valence-corrected chi connectivity index (χ0v) is 20.5. The third-order valence-electron chi connectivity index (χ3n) is 7.49. The van der Waals surface area contributed by atoms with Crippen LogP contribution in [0, 0.1) is 17.8 Å². The number of aromatic nitrogens is 5. The lowest BCUT2D eigenvalue weighted by Crippen LogP contribution is -2.21. The maximum absolute atomic E-state index is 13.8. The highest BCUT2D eigenvalue weighted by Gasteiger charge is 2.28. The Bertz CT molecular complexity index is 1190. The fourth-order valence-electron chi connectivity index (χ4n) is 5.09. The number of anilines is 2. The number of amides is 1. The third-order valence-corrected chi connectivity index (χ3v) is 7.49. The summed E-state index contributed by atoms with van der Waals surface area (Å²) in [5.74, 6) is 2.19. The largest absolute Gasteiger partial charge is 0.359 e. The molecule has 10 heteroatoms. The molecule has 2 saturated carbocycles. The van der Waals surface area contributed by atoms with Gasteiger partial charge in [-0.25, -0.2) is 18.3 Å². The van der Waals surface area contributed by atoms with E-state index in [0.717, 1.165) is 38.0 Å². The minimum absolute atomic E-state index is 0.0392. The molecular formula is C25H33F2N7O. The first-order valence-electron chi connectivity index (χ1n) is 12.5. The molecule has 2 aliphatic rings. The minimum atomic E-state index is -2.79. The Labute approximate surface area is 203 Å². The SMILES string of the molecule is CC(C)[C@H]1CC[C@H](n2cc(NC(=O)c3cnn4ccc(N(C)CC5CC5)nc34)c(C(F)F)n2)CC1. The van der Waals surface area contributed by atoms with Gasteiger partial charge < -0.3 is 10.2 Å². The number of halogens is 2. The van der Waals surface area contributed by atoms with Crippen molar-refractivity contribution in [2.45, 2.75) is 64.8 Å². The average Bonchev–Trinajstić information content (AvgIpc) is 3.39. The van der Waals surface area contributed by atoms with Gasteiger partial charge in [-0.05, 0) is 62.3 Å². The Kier molecular flexibility index (Phi) is 6.46. The molecule has 0 unspecified atom stereocenters. The summed E-state index contributed by atoms with van der Waals surface area (Å²) in [6.45, 7) is 5.37. The molecule has 1 amide bonds. The van der Waals surface area contributed by atoms with Crippen LogP contribution in [-0.4, -0.2) is 43.9 Å². The Morgan fingerprint density at radius 3 is 2.60 bits per heavy atom. The lowest BCUT2D eigenvalue weighted by atomic mass is 9.80. The van der Waals surface area contributed by atoms with E-state index >= 15 is 0 Å². The van der Waals surface area contributed by atoms with Crippen LogP contribution < -0.4 is 10.2 Å². The summed E-state index contributed by atoms with van der Waals surface area (Å²) in [6, 6.07) is 1.92. The molecule has 3 heterocycles. The van der Waals surface area contributed by atoms with Crippen molar-refractivity contribution in [3.63, 3.8) is 0 Å². The van der Waals surface area contributed by atoms with E-state index < -0.39 is 18.0 Å². The van der Waals surface area contributed by atoms with Gasteiger partial charge in [0.05, 0.1) is 17.9 Å². The molecule has 0 aliphatic heterocycles. The highest BCUT2D eigenvalue weighted by Crippen LogP contribution is 2.37. The van der Waals surface area contributed by atoms with Crippen LogP contribution in [0.25, 0.3) is 5.65 Å². The van der Waals surface area contributed by atoms with Crippen molar-refractivity contribution in [3.05, 3.63) is 35.9 Å². The molecule has 0 bridgehead atoms.